The van der Waals surface area contributed by atoms with E-state index < -0.39 is 5.97 Å². The first-order chi connectivity index (χ1) is 5.74. The van der Waals surface area contributed by atoms with Crippen molar-refractivity contribution < 1.29 is 9.90 Å². The third-order valence-corrected chi connectivity index (χ3v) is 1.54. The summed E-state index contributed by atoms with van der Waals surface area (Å²) in [6.45, 7) is 0.639. The Bertz CT molecular complexity index is 266. The van der Waals surface area contributed by atoms with Gasteiger partial charge in [0.1, 0.15) is 0 Å². The number of carboxylic acids is 1. The fourth-order valence-corrected chi connectivity index (χ4v) is 0.935. The van der Waals surface area contributed by atoms with Gasteiger partial charge in [0.2, 0.25) is 0 Å². The summed E-state index contributed by atoms with van der Waals surface area (Å²) in [4.78, 5) is 10.4. The molecule has 3 nitrogen and oxygen atoms in total. The topological polar surface area (TPSA) is 51.4 Å². The molecule has 12 heavy (non-hydrogen) atoms. The SMILES string of the molecule is C[N]Cc1ccc(C(=O)O)cc1. The maximum Gasteiger partial charge on any atom is 0.335 e. The molecule has 0 spiro atoms. The number of rotatable bonds is 3. The van der Waals surface area contributed by atoms with Crippen molar-refractivity contribution in [3.63, 3.8) is 0 Å². The highest BCUT2D eigenvalue weighted by molar-refractivity contribution is 5.87. The van der Waals surface area contributed by atoms with Gasteiger partial charge in [-0.3, -0.25) is 0 Å². The van der Waals surface area contributed by atoms with E-state index in [1.807, 2.05) is 0 Å². The highest BCUT2D eigenvalue weighted by atomic mass is 16.4. The van der Waals surface area contributed by atoms with Gasteiger partial charge in [0, 0.05) is 13.6 Å². The molecule has 0 saturated carbocycles. The Morgan fingerprint density at radius 2 is 2.00 bits per heavy atom. The van der Waals surface area contributed by atoms with Crippen LogP contribution in [0, 0.1) is 0 Å². The lowest BCUT2D eigenvalue weighted by Crippen LogP contribution is -1.99. The van der Waals surface area contributed by atoms with Crippen LogP contribution in [0.2, 0.25) is 0 Å². The number of nitrogens with zero attached hydrogens (tertiary/aromatic N) is 1. The number of carboxylic acid groups (broad SMARTS) is 1. The van der Waals surface area contributed by atoms with Crippen LogP contribution >= 0.6 is 0 Å². The van der Waals surface area contributed by atoms with Crippen molar-refractivity contribution in [1.82, 2.24) is 5.32 Å². The second-order valence-electron chi connectivity index (χ2n) is 2.48. The molecule has 0 amide bonds. The van der Waals surface area contributed by atoms with Gasteiger partial charge in [0.15, 0.2) is 0 Å². The molecule has 1 aromatic carbocycles. The molecule has 0 heterocycles. The Hall–Kier alpha value is -1.35. The fraction of sp³-hybridized carbons (Fsp3) is 0.222. The number of benzene rings is 1. The molecule has 0 fully saturated rings. The van der Waals surface area contributed by atoms with Gasteiger partial charge < -0.3 is 5.11 Å². The van der Waals surface area contributed by atoms with E-state index in [9.17, 15) is 4.79 Å². The van der Waals surface area contributed by atoms with Gasteiger partial charge in [0.05, 0.1) is 5.56 Å². The van der Waals surface area contributed by atoms with Gasteiger partial charge in [-0.05, 0) is 17.7 Å². The molecule has 0 saturated heterocycles. The fourth-order valence-electron chi connectivity index (χ4n) is 0.935. The summed E-state index contributed by atoms with van der Waals surface area (Å²) in [5.41, 5.74) is 1.34. The number of aromatic carboxylic acids is 1. The van der Waals surface area contributed by atoms with Crippen molar-refractivity contribution in [2.75, 3.05) is 7.05 Å². The zero-order chi connectivity index (χ0) is 8.97. The molecule has 0 unspecified atom stereocenters. The summed E-state index contributed by atoms with van der Waals surface area (Å²) in [7, 11) is 1.73. The highest BCUT2D eigenvalue weighted by Crippen LogP contribution is 2.03. The van der Waals surface area contributed by atoms with E-state index in [1.54, 1.807) is 31.3 Å². The van der Waals surface area contributed by atoms with Crippen LogP contribution in [0.25, 0.3) is 0 Å². The van der Waals surface area contributed by atoms with Crippen LogP contribution in [-0.2, 0) is 6.54 Å². The van der Waals surface area contributed by atoms with Crippen molar-refractivity contribution in [1.29, 1.82) is 0 Å². The average Bonchev–Trinajstić information content (AvgIpc) is 2.06. The Balaban J connectivity index is 2.78. The van der Waals surface area contributed by atoms with Crippen molar-refractivity contribution in [3.8, 4) is 0 Å². The lowest BCUT2D eigenvalue weighted by atomic mass is 10.1. The highest BCUT2D eigenvalue weighted by Gasteiger charge is 2.00. The predicted octanol–water partition coefficient (Wildman–Crippen LogP) is 1.12. The van der Waals surface area contributed by atoms with Crippen LogP contribution in [0.5, 0.6) is 0 Å². The lowest BCUT2D eigenvalue weighted by molar-refractivity contribution is 0.0697. The van der Waals surface area contributed by atoms with E-state index in [0.717, 1.165) is 5.56 Å². The Morgan fingerprint density at radius 1 is 1.42 bits per heavy atom. The molecule has 0 aliphatic rings. The number of carbonyl (C=O) groups is 1. The molecule has 0 bridgehead atoms. The first-order valence-electron chi connectivity index (χ1n) is 3.62. The third-order valence-electron chi connectivity index (χ3n) is 1.54. The van der Waals surface area contributed by atoms with Crippen LogP contribution in [0.4, 0.5) is 0 Å². The summed E-state index contributed by atoms with van der Waals surface area (Å²) >= 11 is 0. The second-order valence-corrected chi connectivity index (χ2v) is 2.48. The molecule has 0 atom stereocenters. The maximum atomic E-state index is 10.4. The van der Waals surface area contributed by atoms with Crippen LogP contribution in [0.1, 0.15) is 15.9 Å². The van der Waals surface area contributed by atoms with E-state index in [2.05, 4.69) is 5.32 Å². The summed E-state index contributed by atoms with van der Waals surface area (Å²) < 4.78 is 0. The zero-order valence-electron chi connectivity index (χ0n) is 6.82. The van der Waals surface area contributed by atoms with Gasteiger partial charge in [-0.2, -0.15) is 0 Å². The third kappa shape index (κ3) is 2.07. The number of hydrogen-bond acceptors (Lipinski definition) is 1. The standard InChI is InChI=1S/C9H10NO2/c1-10-6-7-2-4-8(5-3-7)9(11)12/h2-5H,6H2,1H3,(H,11,12). The van der Waals surface area contributed by atoms with E-state index in [4.69, 9.17) is 5.11 Å². The van der Waals surface area contributed by atoms with Crippen LogP contribution in [0.3, 0.4) is 0 Å². The normalized spacial score (nSPS) is 9.75. The van der Waals surface area contributed by atoms with Crippen LogP contribution in [0.15, 0.2) is 24.3 Å². The van der Waals surface area contributed by atoms with Gasteiger partial charge >= 0.3 is 5.97 Å². The van der Waals surface area contributed by atoms with Crippen molar-refractivity contribution >= 4 is 5.97 Å². The van der Waals surface area contributed by atoms with Crippen LogP contribution in [-0.4, -0.2) is 18.1 Å². The van der Waals surface area contributed by atoms with Crippen molar-refractivity contribution in [2.45, 2.75) is 6.54 Å². The molecule has 3 heteroatoms. The maximum absolute atomic E-state index is 10.4. The van der Waals surface area contributed by atoms with Crippen molar-refractivity contribution in [3.05, 3.63) is 35.4 Å². The largest absolute Gasteiger partial charge is 0.478 e. The van der Waals surface area contributed by atoms with Gasteiger partial charge in [-0.15, -0.1) is 0 Å². The van der Waals surface area contributed by atoms with E-state index >= 15 is 0 Å². The summed E-state index contributed by atoms with van der Waals surface area (Å²) in [6, 6.07) is 6.72. The number of hydrogen-bond donors (Lipinski definition) is 1. The molecular formula is C9H10NO2. The molecule has 1 radical (unpaired) electrons. The lowest BCUT2D eigenvalue weighted by Gasteiger charge is -1.98. The van der Waals surface area contributed by atoms with E-state index in [-0.39, 0.29) is 0 Å². The molecule has 1 rings (SSSR count). The summed E-state index contributed by atoms with van der Waals surface area (Å²) in [6.07, 6.45) is 0. The molecule has 0 aromatic heterocycles. The molecule has 0 aliphatic heterocycles. The smallest absolute Gasteiger partial charge is 0.335 e. The van der Waals surface area contributed by atoms with Crippen LogP contribution < -0.4 is 5.32 Å². The molecule has 1 aromatic rings. The Morgan fingerprint density at radius 3 is 2.42 bits per heavy atom. The van der Waals surface area contributed by atoms with Gasteiger partial charge in [-0.25, -0.2) is 10.1 Å². The molecular weight excluding hydrogens is 154 g/mol. The minimum absolute atomic E-state index is 0.315. The Labute approximate surface area is 71.0 Å². The van der Waals surface area contributed by atoms with E-state index in [1.165, 1.54) is 0 Å². The minimum Gasteiger partial charge on any atom is -0.478 e. The predicted molar refractivity (Wildman–Crippen MR) is 45.2 cm³/mol. The first kappa shape index (κ1) is 8.74. The molecule has 0 aliphatic carbocycles. The monoisotopic (exact) mass is 164 g/mol. The quantitative estimate of drug-likeness (QED) is 0.727. The summed E-state index contributed by atoms with van der Waals surface area (Å²) in [5.74, 6) is -0.894. The molecule has 63 valence electrons. The van der Waals surface area contributed by atoms with Crippen molar-refractivity contribution in [2.24, 2.45) is 0 Å². The summed E-state index contributed by atoms with van der Waals surface area (Å²) in [5, 5.41) is 12.5. The molecule has 1 N–H and O–H groups in total. The Kier molecular flexibility index (Phi) is 2.82. The van der Waals surface area contributed by atoms with E-state index in [0.29, 0.717) is 12.1 Å². The zero-order valence-corrected chi connectivity index (χ0v) is 6.82. The average molecular weight is 164 g/mol. The first-order valence-corrected chi connectivity index (χ1v) is 3.62. The second kappa shape index (κ2) is 3.88. The van der Waals surface area contributed by atoms with Gasteiger partial charge in [-0.1, -0.05) is 12.1 Å². The minimum atomic E-state index is -0.894. The van der Waals surface area contributed by atoms with Gasteiger partial charge in [0.25, 0.3) is 0 Å².